The smallest absolute Gasteiger partial charge is 0.232 e. The lowest BCUT2D eigenvalue weighted by molar-refractivity contribution is -0.118. The molecule has 0 radical (unpaired) electrons. The maximum Gasteiger partial charge on any atom is 0.232 e. The number of aryl methyl sites for hydroxylation is 1. The zero-order valence-electron chi connectivity index (χ0n) is 10.8. The Balaban J connectivity index is 1.74. The first-order valence-electron chi connectivity index (χ1n) is 7.14. The SMILES string of the molecule is Cc1cccc2c1NC(=O)C2C1CC2CCC1C2. The maximum absolute atomic E-state index is 12.3. The number of carbonyl (C=O) groups is 1. The third kappa shape index (κ3) is 1.32. The quantitative estimate of drug-likeness (QED) is 0.801. The van der Waals surface area contributed by atoms with Crippen molar-refractivity contribution >= 4 is 11.6 Å². The third-order valence-electron chi connectivity index (χ3n) is 5.39. The van der Waals surface area contributed by atoms with Crippen molar-refractivity contribution in [2.45, 2.75) is 38.5 Å². The molecule has 2 fully saturated rings. The second-order valence-corrected chi connectivity index (χ2v) is 6.34. The molecule has 2 saturated carbocycles. The summed E-state index contributed by atoms with van der Waals surface area (Å²) in [5, 5.41) is 3.11. The zero-order valence-corrected chi connectivity index (χ0v) is 10.8. The molecule has 0 aromatic heterocycles. The Bertz CT molecular complexity index is 522. The number of rotatable bonds is 1. The van der Waals surface area contributed by atoms with Gasteiger partial charge in [0.15, 0.2) is 0 Å². The summed E-state index contributed by atoms with van der Waals surface area (Å²) in [5.74, 6) is 2.69. The van der Waals surface area contributed by atoms with Gasteiger partial charge in [0.25, 0.3) is 0 Å². The fraction of sp³-hybridized carbons (Fsp3) is 0.562. The second-order valence-electron chi connectivity index (χ2n) is 6.34. The molecule has 2 nitrogen and oxygen atoms in total. The molecule has 18 heavy (non-hydrogen) atoms. The first-order valence-corrected chi connectivity index (χ1v) is 7.14. The van der Waals surface area contributed by atoms with E-state index in [4.69, 9.17) is 0 Å². The van der Waals surface area contributed by atoms with E-state index in [9.17, 15) is 4.79 Å². The number of fused-ring (bicyclic) bond motifs is 3. The zero-order chi connectivity index (χ0) is 12.3. The van der Waals surface area contributed by atoms with Gasteiger partial charge in [-0.15, -0.1) is 0 Å². The molecular weight excluding hydrogens is 222 g/mol. The average Bonchev–Trinajstić information content (AvgIpc) is 3.02. The highest BCUT2D eigenvalue weighted by Crippen LogP contribution is 2.55. The molecule has 2 bridgehead atoms. The molecule has 1 amide bonds. The molecule has 2 aliphatic carbocycles. The molecule has 3 aliphatic rings. The van der Waals surface area contributed by atoms with Gasteiger partial charge in [-0.05, 0) is 55.1 Å². The van der Waals surface area contributed by atoms with Crippen molar-refractivity contribution in [3.8, 4) is 0 Å². The summed E-state index contributed by atoms with van der Waals surface area (Å²) < 4.78 is 0. The summed E-state index contributed by atoms with van der Waals surface area (Å²) >= 11 is 0. The fourth-order valence-corrected chi connectivity index (χ4v) is 4.59. The first-order chi connectivity index (χ1) is 8.74. The Labute approximate surface area is 108 Å². The minimum absolute atomic E-state index is 0.134. The Morgan fingerprint density at radius 2 is 2.11 bits per heavy atom. The highest BCUT2D eigenvalue weighted by Gasteiger charge is 2.48. The van der Waals surface area contributed by atoms with Gasteiger partial charge in [-0.3, -0.25) is 4.79 Å². The van der Waals surface area contributed by atoms with Crippen LogP contribution in [0.2, 0.25) is 0 Å². The predicted molar refractivity (Wildman–Crippen MR) is 71.5 cm³/mol. The first kappa shape index (κ1) is 10.6. The van der Waals surface area contributed by atoms with Gasteiger partial charge in [-0.25, -0.2) is 0 Å². The van der Waals surface area contributed by atoms with Gasteiger partial charge < -0.3 is 5.32 Å². The van der Waals surface area contributed by atoms with Crippen LogP contribution in [0, 0.1) is 24.7 Å². The van der Waals surface area contributed by atoms with Crippen LogP contribution in [0.25, 0.3) is 0 Å². The van der Waals surface area contributed by atoms with Crippen LogP contribution >= 0.6 is 0 Å². The Morgan fingerprint density at radius 1 is 1.22 bits per heavy atom. The lowest BCUT2D eigenvalue weighted by Crippen LogP contribution is -2.25. The number of hydrogen-bond donors (Lipinski definition) is 1. The molecule has 1 heterocycles. The summed E-state index contributed by atoms with van der Waals surface area (Å²) in [5.41, 5.74) is 3.55. The van der Waals surface area contributed by atoms with Crippen LogP contribution < -0.4 is 5.32 Å². The highest BCUT2D eigenvalue weighted by atomic mass is 16.2. The fourth-order valence-electron chi connectivity index (χ4n) is 4.59. The lowest BCUT2D eigenvalue weighted by atomic mass is 9.76. The monoisotopic (exact) mass is 241 g/mol. The molecule has 4 unspecified atom stereocenters. The molecule has 4 rings (SSSR count). The maximum atomic E-state index is 12.3. The van der Waals surface area contributed by atoms with E-state index in [1.807, 2.05) is 0 Å². The Morgan fingerprint density at radius 3 is 2.83 bits per heavy atom. The van der Waals surface area contributed by atoms with Crippen LogP contribution in [-0.2, 0) is 4.79 Å². The summed E-state index contributed by atoms with van der Waals surface area (Å²) in [4.78, 5) is 12.3. The van der Waals surface area contributed by atoms with E-state index in [0.29, 0.717) is 5.92 Å². The van der Waals surface area contributed by atoms with Crippen molar-refractivity contribution in [1.29, 1.82) is 0 Å². The number of nitrogens with one attached hydrogen (secondary N) is 1. The van der Waals surface area contributed by atoms with E-state index in [2.05, 4.69) is 30.4 Å². The molecule has 4 atom stereocenters. The molecule has 1 aromatic rings. The summed E-state index contributed by atoms with van der Waals surface area (Å²) in [6.07, 6.45) is 5.39. The molecule has 0 saturated heterocycles. The lowest BCUT2D eigenvalue weighted by Gasteiger charge is -2.26. The van der Waals surface area contributed by atoms with Crippen molar-refractivity contribution in [3.05, 3.63) is 29.3 Å². The molecular formula is C16H19NO. The number of para-hydroxylation sites is 1. The average molecular weight is 241 g/mol. The van der Waals surface area contributed by atoms with Crippen LogP contribution in [0.5, 0.6) is 0 Å². The van der Waals surface area contributed by atoms with Crippen molar-refractivity contribution in [2.24, 2.45) is 17.8 Å². The molecule has 1 aliphatic heterocycles. The highest BCUT2D eigenvalue weighted by molar-refractivity contribution is 6.03. The summed E-state index contributed by atoms with van der Waals surface area (Å²) in [7, 11) is 0. The number of carbonyl (C=O) groups excluding carboxylic acids is 1. The third-order valence-corrected chi connectivity index (χ3v) is 5.39. The topological polar surface area (TPSA) is 29.1 Å². The van der Waals surface area contributed by atoms with E-state index in [1.165, 1.54) is 36.8 Å². The molecule has 2 heteroatoms. The van der Waals surface area contributed by atoms with E-state index in [0.717, 1.165) is 17.5 Å². The Hall–Kier alpha value is -1.31. The number of amides is 1. The van der Waals surface area contributed by atoms with Gasteiger partial charge in [-0.1, -0.05) is 24.6 Å². The predicted octanol–water partition coefficient (Wildman–Crippen LogP) is 3.47. The van der Waals surface area contributed by atoms with Gasteiger partial charge in [-0.2, -0.15) is 0 Å². The Kier molecular flexibility index (Phi) is 2.12. The van der Waals surface area contributed by atoms with Crippen molar-refractivity contribution < 1.29 is 4.79 Å². The molecule has 94 valence electrons. The van der Waals surface area contributed by atoms with E-state index >= 15 is 0 Å². The largest absolute Gasteiger partial charge is 0.325 e. The van der Waals surface area contributed by atoms with Crippen LogP contribution in [0.1, 0.15) is 42.7 Å². The van der Waals surface area contributed by atoms with Gasteiger partial charge in [0.2, 0.25) is 5.91 Å². The normalized spacial score (nSPS) is 36.8. The van der Waals surface area contributed by atoms with Gasteiger partial charge in [0, 0.05) is 5.69 Å². The van der Waals surface area contributed by atoms with Crippen molar-refractivity contribution in [3.63, 3.8) is 0 Å². The van der Waals surface area contributed by atoms with Crippen molar-refractivity contribution in [2.75, 3.05) is 5.32 Å². The molecule has 1 aromatic carbocycles. The van der Waals surface area contributed by atoms with Crippen molar-refractivity contribution in [1.82, 2.24) is 0 Å². The molecule has 1 N–H and O–H groups in total. The van der Waals surface area contributed by atoms with Gasteiger partial charge in [0.1, 0.15) is 0 Å². The summed E-state index contributed by atoms with van der Waals surface area (Å²) in [6, 6.07) is 6.33. The van der Waals surface area contributed by atoms with Gasteiger partial charge in [0.05, 0.1) is 5.92 Å². The van der Waals surface area contributed by atoms with Gasteiger partial charge >= 0.3 is 0 Å². The van der Waals surface area contributed by atoms with E-state index in [-0.39, 0.29) is 11.8 Å². The van der Waals surface area contributed by atoms with Crippen LogP contribution in [-0.4, -0.2) is 5.91 Å². The van der Waals surface area contributed by atoms with Crippen LogP contribution in [0.15, 0.2) is 18.2 Å². The minimum Gasteiger partial charge on any atom is -0.325 e. The van der Waals surface area contributed by atoms with Crippen LogP contribution in [0.3, 0.4) is 0 Å². The van der Waals surface area contributed by atoms with E-state index < -0.39 is 0 Å². The minimum atomic E-state index is 0.134. The summed E-state index contributed by atoms with van der Waals surface area (Å²) in [6.45, 7) is 2.09. The number of benzene rings is 1. The molecule has 0 spiro atoms. The number of anilines is 1. The van der Waals surface area contributed by atoms with E-state index in [1.54, 1.807) is 0 Å². The second kappa shape index (κ2) is 3.59. The van der Waals surface area contributed by atoms with Crippen LogP contribution in [0.4, 0.5) is 5.69 Å². The number of hydrogen-bond acceptors (Lipinski definition) is 1. The standard InChI is InChI=1S/C16H19NO/c1-9-3-2-4-12-14(16(18)17-15(9)12)13-8-10-5-6-11(13)7-10/h2-4,10-11,13-14H,5-8H2,1H3,(H,17,18).